The Bertz CT molecular complexity index is 4510. The number of rotatable bonds is 27. The van der Waals surface area contributed by atoms with E-state index in [0.29, 0.717) is 58.3 Å². The van der Waals surface area contributed by atoms with Crippen molar-refractivity contribution >= 4 is 37.0 Å². The average Bonchev–Trinajstić information content (AvgIpc) is 1.59. The summed E-state index contributed by atoms with van der Waals surface area (Å²) in [5, 5.41) is 14.1. The molecule has 22 nitrogen and oxygen atoms in total. The molecule has 1 unspecified atom stereocenters. The molecule has 0 bridgehead atoms. The van der Waals surface area contributed by atoms with Crippen LogP contribution >= 0.6 is 0 Å². The van der Waals surface area contributed by atoms with Gasteiger partial charge in [0.2, 0.25) is 8.32 Å². The molecular weight excluding hydrogens is 1610 g/mol. The molecule has 8 fully saturated rings. The smallest absolute Gasteiger partial charge is 0.303 e. The van der Waals surface area contributed by atoms with E-state index in [2.05, 4.69) is 149 Å². The van der Waals surface area contributed by atoms with Crippen LogP contribution in [0.25, 0.3) is 10.8 Å². The fourth-order valence-electron chi connectivity index (χ4n) is 22.0. The zero-order valence-electron chi connectivity index (χ0n) is 75.6. The lowest BCUT2D eigenvalue weighted by atomic mass is 9.75. The number of fused-ring (bicyclic) bond motifs is 8. The molecule has 5 aromatic rings. The third-order valence-corrected chi connectivity index (χ3v) is 34.5. The van der Waals surface area contributed by atoms with E-state index < -0.39 is 166 Å². The van der Waals surface area contributed by atoms with Gasteiger partial charge in [0, 0.05) is 71.1 Å². The molecule has 0 aromatic heterocycles. The monoisotopic (exact) mass is 1740 g/mol. The summed E-state index contributed by atoms with van der Waals surface area (Å²) >= 11 is 0. The molecule has 31 atom stereocenters. The van der Waals surface area contributed by atoms with Crippen LogP contribution in [0.4, 0.5) is 0 Å². The van der Waals surface area contributed by atoms with E-state index in [9.17, 15) is 19.5 Å². The lowest BCUT2D eigenvalue weighted by Gasteiger charge is -2.54. The van der Waals surface area contributed by atoms with Crippen LogP contribution < -0.4 is 0 Å². The molecule has 10 aliphatic heterocycles. The Morgan fingerprint density at radius 1 is 0.528 bits per heavy atom. The number of hydrogen-bond acceptors (Lipinski definition) is 22. The van der Waals surface area contributed by atoms with Crippen molar-refractivity contribution in [2.45, 2.75) is 369 Å². The number of benzene rings is 5. The van der Waals surface area contributed by atoms with Crippen molar-refractivity contribution in [3.05, 3.63) is 192 Å². The molecule has 8 saturated heterocycles. The first kappa shape index (κ1) is 92.8. The summed E-state index contributed by atoms with van der Waals surface area (Å²) in [6.07, 6.45) is 0.950. The predicted octanol–water partition coefficient (Wildman–Crippen LogP) is 16.6. The summed E-state index contributed by atoms with van der Waals surface area (Å²) < 4.78 is 127. The second kappa shape index (κ2) is 41.1. The average molecular weight is 1740 g/mol. The molecule has 678 valence electrons. The Labute approximate surface area is 740 Å². The van der Waals surface area contributed by atoms with Gasteiger partial charge >= 0.3 is 17.9 Å². The van der Waals surface area contributed by atoms with Gasteiger partial charge in [0.05, 0.1) is 125 Å². The van der Waals surface area contributed by atoms with Gasteiger partial charge in [-0.25, -0.2) is 0 Å². The quantitative estimate of drug-likeness (QED) is 0.0169. The van der Waals surface area contributed by atoms with Crippen LogP contribution in [-0.2, 0) is 126 Å². The molecule has 0 amide bonds. The Kier molecular flexibility index (Phi) is 30.5. The normalized spacial score (nSPS) is 36.4. The number of ether oxygens (including phenoxy) is 17. The van der Waals surface area contributed by atoms with E-state index in [0.717, 1.165) is 27.6 Å². The van der Waals surface area contributed by atoms with Crippen LogP contribution in [0.5, 0.6) is 0 Å². The molecule has 10 heterocycles. The number of allylic oxidation sites excluding steroid dienone is 1. The minimum absolute atomic E-state index is 0.0330. The summed E-state index contributed by atoms with van der Waals surface area (Å²) in [6, 6.07) is 44.9. The minimum Gasteiger partial charge on any atom is -0.460 e. The van der Waals surface area contributed by atoms with Crippen LogP contribution in [0.2, 0.25) is 16.6 Å². The first-order chi connectivity index (χ1) is 60.1. The lowest BCUT2D eigenvalue weighted by Crippen LogP contribution is -2.65. The molecule has 1 spiro atoms. The number of hydrogen-bond donors (Lipinski definition) is 1. The molecule has 0 saturated carbocycles. The van der Waals surface area contributed by atoms with Crippen LogP contribution in [0, 0.1) is 35.5 Å². The van der Waals surface area contributed by atoms with Crippen LogP contribution in [0.1, 0.15) is 184 Å². The van der Waals surface area contributed by atoms with Gasteiger partial charge in [0.25, 0.3) is 0 Å². The maximum atomic E-state index is 13.6. The first-order valence-electron chi connectivity index (χ1n) is 46.1. The Balaban J connectivity index is 0.636. The van der Waals surface area contributed by atoms with Crippen LogP contribution in [-0.4, -0.2) is 202 Å². The van der Waals surface area contributed by atoms with Gasteiger partial charge in [-0.15, -0.1) is 0 Å². The summed E-state index contributed by atoms with van der Waals surface area (Å²) in [5.74, 6) is 3.61. The van der Waals surface area contributed by atoms with E-state index >= 15 is 0 Å². The zero-order valence-corrected chi connectivity index (χ0v) is 76.6. The maximum Gasteiger partial charge on any atom is 0.303 e. The Morgan fingerprint density at radius 2 is 1.12 bits per heavy atom. The number of carbonyl (C=O) groups excluding carboxylic acids is 3. The van der Waals surface area contributed by atoms with Crippen molar-refractivity contribution in [3.8, 4) is 11.8 Å². The van der Waals surface area contributed by atoms with E-state index in [1.54, 1.807) is 12.2 Å². The van der Waals surface area contributed by atoms with Crippen LogP contribution in [0.15, 0.2) is 170 Å². The number of esters is 3. The highest BCUT2D eigenvalue weighted by atomic mass is 28.4. The largest absolute Gasteiger partial charge is 0.460 e. The second-order valence-electron chi connectivity index (χ2n) is 38.2. The third-order valence-electron chi connectivity index (χ3n) is 28.4. The van der Waals surface area contributed by atoms with Gasteiger partial charge in [0.15, 0.2) is 11.9 Å². The molecule has 1 N–H and O–H groups in total. The van der Waals surface area contributed by atoms with Crippen molar-refractivity contribution in [3.63, 3.8) is 0 Å². The van der Waals surface area contributed by atoms with Crippen molar-refractivity contribution in [1.82, 2.24) is 0 Å². The molecule has 125 heavy (non-hydrogen) atoms. The predicted molar refractivity (Wildman–Crippen MR) is 473 cm³/mol. The van der Waals surface area contributed by atoms with Gasteiger partial charge in [-0.1, -0.05) is 239 Å². The summed E-state index contributed by atoms with van der Waals surface area (Å²) in [4.78, 5) is 39.3. The first-order valence-corrected chi connectivity index (χ1v) is 48.3. The SMILES string of the molecule is CC(=O)OC(C#C/C=C\C[C@H]1O[C@H]2C=C[C@H]3O[C@H]4[C@H](OCc5ccccc5)[C@@H](OCc5ccccc5)[C@H](C[C@H](C)OCc5ccc6ccccc6c5)O[C@@H]4C[C@@H]3O[C@@H]2C=C[C@@H]1O)C[C@@H](OCc1ccccc1)[C@]1(C)O[C@@H]2C[C@H](C)C[C@@H]3O[C@@H]4[C@@H](C)[C@H](O[Si](C(C)C)(C(C)C)C(C)C)[C@@H]5O[C@]6(C[C@H](OC(C)=O)CO6)[C@@H](C)[C@H](C)[C@H]5O[C@H]4C[C@H]3O[C@H]2C[C@H]1OC(C)=O. The van der Waals surface area contributed by atoms with E-state index in [1.165, 1.54) is 26.2 Å². The van der Waals surface area contributed by atoms with Crippen molar-refractivity contribution in [2.75, 3.05) is 6.61 Å². The summed E-state index contributed by atoms with van der Waals surface area (Å²) in [7, 11) is -2.60. The van der Waals surface area contributed by atoms with Gasteiger partial charge in [-0.3, -0.25) is 14.4 Å². The van der Waals surface area contributed by atoms with E-state index in [4.69, 9.17) is 85.0 Å². The van der Waals surface area contributed by atoms with Gasteiger partial charge in [-0.2, -0.15) is 0 Å². The maximum absolute atomic E-state index is 13.6. The third kappa shape index (κ3) is 21.4. The molecule has 0 radical (unpaired) electrons. The van der Waals surface area contributed by atoms with Crippen LogP contribution in [0.3, 0.4) is 0 Å². The topological polar surface area (TPSA) is 238 Å². The molecule has 23 heteroatoms. The van der Waals surface area contributed by atoms with Gasteiger partial charge in [-0.05, 0) is 107 Å². The molecule has 5 aromatic carbocycles. The van der Waals surface area contributed by atoms with Gasteiger partial charge in [0.1, 0.15) is 60.5 Å². The standard InChI is InChI=1S/C102H134O22Si/c1-60(2)125(61(3)4,62(5)6)124-96-66(10)94-90(121-95-65(9)67(11)102(123-100(95)96)54-78(59-111-102)113-69(13)104)52-86-84(120-94)46-63(7)47-88-87(117-86)53-93(114-70(14)105)101(15,122-88)92(108-55-71-30-20-16-21-31-71)50-77(112-68(12)103)38-26-19-27-39-80-79(106)42-43-81-82(115-80)44-45-83-85(116-81)51-91-98(119-83)99(110-57-73-34-24-18-25-35-73)97(109-56-72-32-22-17-23-33-72)89(118-91)48-64(8)107-58-74-40-41-75-36-28-29-37-76(75)49-74/h16-25,27-37,40-45,49,60-67,77-100,106H,39,46-48,50-59H2,1-15H3/b27-19-/t63-,64+,65+,66-,67+,77?,78+,79+,80-,81-,82+,83-,84+,85+,86-,87+,88-,89+,90+,91-,92-,93-,94-,95-,96+,97+,98-,99-,100-,101+,102-/m1/s1. The van der Waals surface area contributed by atoms with Crippen molar-refractivity contribution in [2.24, 2.45) is 23.7 Å². The second-order valence-corrected chi connectivity index (χ2v) is 43.6. The molecule has 10 aliphatic rings. The highest BCUT2D eigenvalue weighted by Crippen LogP contribution is 2.55. The fourth-order valence-corrected chi connectivity index (χ4v) is 27.6. The lowest BCUT2D eigenvalue weighted by molar-refractivity contribution is -0.338. The number of aliphatic hydroxyl groups is 1. The highest BCUT2D eigenvalue weighted by molar-refractivity contribution is 6.77. The molecule has 15 rings (SSSR count). The number of carbonyl (C=O) groups is 3. The minimum atomic E-state index is -2.60. The summed E-state index contributed by atoms with van der Waals surface area (Å²) in [6.45, 7) is 32.4. The molecule has 0 aliphatic carbocycles. The Hall–Kier alpha value is -6.87. The van der Waals surface area contributed by atoms with Crippen molar-refractivity contribution in [1.29, 1.82) is 0 Å². The summed E-state index contributed by atoms with van der Waals surface area (Å²) in [5.41, 5.74) is 3.53. The van der Waals surface area contributed by atoms with Crippen molar-refractivity contribution < 1.29 is 104 Å². The highest BCUT2D eigenvalue weighted by Gasteiger charge is 2.65. The zero-order chi connectivity index (χ0) is 88.0. The van der Waals surface area contributed by atoms with E-state index in [1.807, 2.05) is 104 Å². The Morgan fingerprint density at radius 3 is 1.80 bits per heavy atom. The fraction of sp³-hybridized carbons (Fsp3) is 0.618. The molecular formula is C102H134O22Si. The van der Waals surface area contributed by atoms with Gasteiger partial charge < -0.3 is 90.1 Å². The van der Waals surface area contributed by atoms with E-state index in [-0.39, 0.29) is 97.1 Å². The number of aliphatic hydroxyl groups excluding tert-OH is 1.